The Bertz CT molecular complexity index is 491. The van der Waals surface area contributed by atoms with Crippen LogP contribution in [-0.2, 0) is 11.2 Å². The van der Waals surface area contributed by atoms with E-state index < -0.39 is 0 Å². The summed E-state index contributed by atoms with van der Waals surface area (Å²) in [5.41, 5.74) is 1.11. The first-order valence-corrected chi connectivity index (χ1v) is 8.76. The number of piperidine rings is 2. The maximum absolute atomic E-state index is 12.8. The van der Waals surface area contributed by atoms with E-state index in [1.54, 1.807) is 0 Å². The summed E-state index contributed by atoms with van der Waals surface area (Å²) in [7, 11) is 0. The number of benzene rings is 1. The number of carbonyl (C=O) groups is 1. The van der Waals surface area contributed by atoms with Gasteiger partial charge in [0, 0.05) is 13.1 Å². The fraction of sp³-hybridized carbons (Fsp3) is 0.632. The third-order valence-electron chi connectivity index (χ3n) is 5.36. The van der Waals surface area contributed by atoms with Gasteiger partial charge in [-0.3, -0.25) is 4.79 Å². The van der Waals surface area contributed by atoms with Crippen molar-refractivity contribution in [2.24, 2.45) is 5.92 Å². The molecule has 23 heavy (non-hydrogen) atoms. The van der Waals surface area contributed by atoms with Gasteiger partial charge in [0.1, 0.15) is 0 Å². The molecule has 0 radical (unpaired) electrons. The van der Waals surface area contributed by atoms with Crippen molar-refractivity contribution in [1.29, 1.82) is 0 Å². The standard InChI is InChI=1S/C19H28N2O.ClH/c1-19(11-5-6-12-20-19)18(22)21-13-9-17(10-14-21)15-16-7-3-2-4-8-16;/h2-4,7-8,17,20H,5-6,9-15H2,1H3;1H. The molecule has 1 aromatic rings. The van der Waals surface area contributed by atoms with Crippen LogP contribution >= 0.6 is 12.4 Å². The summed E-state index contributed by atoms with van der Waals surface area (Å²) in [5.74, 6) is 1.05. The molecule has 4 heteroatoms. The van der Waals surface area contributed by atoms with E-state index in [0.29, 0.717) is 5.91 Å². The molecule has 3 nitrogen and oxygen atoms in total. The van der Waals surface area contributed by atoms with Gasteiger partial charge in [-0.2, -0.15) is 0 Å². The first kappa shape index (κ1) is 18.3. The summed E-state index contributed by atoms with van der Waals surface area (Å²) in [6.45, 7) is 4.92. The summed E-state index contributed by atoms with van der Waals surface area (Å²) in [6.07, 6.45) is 6.77. The topological polar surface area (TPSA) is 32.3 Å². The Morgan fingerprint density at radius 1 is 1.22 bits per heavy atom. The van der Waals surface area contributed by atoms with Gasteiger partial charge in [0.15, 0.2) is 0 Å². The van der Waals surface area contributed by atoms with Crippen LogP contribution in [0.2, 0.25) is 0 Å². The minimum absolute atomic E-state index is 0. The highest BCUT2D eigenvalue weighted by Crippen LogP contribution is 2.26. The maximum Gasteiger partial charge on any atom is 0.242 e. The minimum Gasteiger partial charge on any atom is -0.341 e. The van der Waals surface area contributed by atoms with Gasteiger partial charge in [0.25, 0.3) is 0 Å². The van der Waals surface area contributed by atoms with Crippen molar-refractivity contribution in [2.45, 2.75) is 51.0 Å². The summed E-state index contributed by atoms with van der Waals surface area (Å²) >= 11 is 0. The molecule has 0 aromatic heterocycles. The Morgan fingerprint density at radius 2 is 1.91 bits per heavy atom. The lowest BCUT2D eigenvalue weighted by molar-refractivity contribution is -0.140. The molecule has 2 heterocycles. The molecule has 1 atom stereocenters. The summed E-state index contributed by atoms with van der Waals surface area (Å²) < 4.78 is 0. The normalized spacial score (nSPS) is 25.7. The van der Waals surface area contributed by atoms with Crippen molar-refractivity contribution in [1.82, 2.24) is 10.2 Å². The maximum atomic E-state index is 12.8. The number of nitrogens with one attached hydrogen (secondary N) is 1. The number of halogens is 1. The summed E-state index contributed by atoms with van der Waals surface area (Å²) in [6, 6.07) is 10.7. The lowest BCUT2D eigenvalue weighted by Crippen LogP contribution is -2.59. The molecule has 1 aromatic carbocycles. The zero-order valence-corrected chi connectivity index (χ0v) is 14.9. The molecule has 2 aliphatic rings. The highest BCUT2D eigenvalue weighted by Gasteiger charge is 2.38. The van der Waals surface area contributed by atoms with Gasteiger partial charge in [-0.25, -0.2) is 0 Å². The Kier molecular flexibility index (Phi) is 6.49. The predicted octanol–water partition coefficient (Wildman–Crippen LogP) is 3.42. The zero-order valence-electron chi connectivity index (χ0n) is 14.1. The number of rotatable bonds is 3. The monoisotopic (exact) mass is 336 g/mol. The van der Waals surface area contributed by atoms with Crippen LogP contribution in [0.3, 0.4) is 0 Å². The number of carbonyl (C=O) groups excluding carboxylic acids is 1. The van der Waals surface area contributed by atoms with E-state index in [4.69, 9.17) is 0 Å². The minimum atomic E-state index is -0.315. The molecule has 1 amide bonds. The highest BCUT2D eigenvalue weighted by molar-refractivity contribution is 5.86. The third kappa shape index (κ3) is 4.48. The van der Waals surface area contributed by atoms with Crippen LogP contribution in [0.4, 0.5) is 0 Å². The molecule has 3 rings (SSSR count). The van der Waals surface area contributed by atoms with Crippen molar-refractivity contribution in [3.63, 3.8) is 0 Å². The largest absolute Gasteiger partial charge is 0.341 e. The first-order valence-electron chi connectivity index (χ1n) is 8.76. The quantitative estimate of drug-likeness (QED) is 0.917. The molecule has 0 aliphatic carbocycles. The number of amides is 1. The van der Waals surface area contributed by atoms with Gasteiger partial charge in [-0.1, -0.05) is 30.3 Å². The van der Waals surface area contributed by atoms with Gasteiger partial charge in [-0.15, -0.1) is 12.4 Å². The second kappa shape index (κ2) is 8.16. The van der Waals surface area contributed by atoms with Crippen molar-refractivity contribution in [2.75, 3.05) is 19.6 Å². The van der Waals surface area contributed by atoms with Gasteiger partial charge in [-0.05, 0) is 63.5 Å². The van der Waals surface area contributed by atoms with E-state index in [1.807, 2.05) is 0 Å². The Labute approximate surface area is 146 Å². The Morgan fingerprint density at radius 3 is 2.52 bits per heavy atom. The number of likely N-dealkylation sites (tertiary alicyclic amines) is 1. The molecule has 0 bridgehead atoms. The number of nitrogens with zero attached hydrogens (tertiary/aromatic N) is 1. The van der Waals surface area contributed by atoms with Crippen LogP contribution < -0.4 is 5.32 Å². The van der Waals surface area contributed by atoms with Crippen LogP contribution in [0.5, 0.6) is 0 Å². The second-order valence-corrected chi connectivity index (χ2v) is 7.14. The van der Waals surface area contributed by atoms with Crippen LogP contribution in [0, 0.1) is 5.92 Å². The van der Waals surface area contributed by atoms with Gasteiger partial charge in [0.2, 0.25) is 5.91 Å². The molecule has 128 valence electrons. The van der Waals surface area contributed by atoms with E-state index in [0.717, 1.165) is 51.2 Å². The Balaban J connectivity index is 0.00000192. The lowest BCUT2D eigenvalue weighted by Gasteiger charge is -2.40. The van der Waals surface area contributed by atoms with Crippen molar-refractivity contribution in [3.05, 3.63) is 35.9 Å². The molecule has 1 N–H and O–H groups in total. The third-order valence-corrected chi connectivity index (χ3v) is 5.36. The molecule has 0 saturated carbocycles. The Hall–Kier alpha value is -1.06. The molecule has 2 fully saturated rings. The van der Waals surface area contributed by atoms with Crippen molar-refractivity contribution >= 4 is 18.3 Å². The second-order valence-electron chi connectivity index (χ2n) is 7.14. The molecule has 2 saturated heterocycles. The van der Waals surface area contributed by atoms with Gasteiger partial charge >= 0.3 is 0 Å². The average Bonchev–Trinajstić information content (AvgIpc) is 2.56. The van der Waals surface area contributed by atoms with Gasteiger partial charge < -0.3 is 10.2 Å². The molecule has 1 unspecified atom stereocenters. The number of hydrogen-bond donors (Lipinski definition) is 1. The average molecular weight is 337 g/mol. The van der Waals surface area contributed by atoms with Gasteiger partial charge in [0.05, 0.1) is 5.54 Å². The van der Waals surface area contributed by atoms with E-state index in [1.165, 1.54) is 18.4 Å². The summed E-state index contributed by atoms with van der Waals surface area (Å²) in [4.78, 5) is 14.9. The van der Waals surface area contributed by atoms with Crippen LogP contribution in [-0.4, -0.2) is 36.0 Å². The SMILES string of the molecule is CC1(C(=O)N2CCC(Cc3ccccc3)CC2)CCCCN1.Cl. The van der Waals surface area contributed by atoms with E-state index in [-0.39, 0.29) is 17.9 Å². The predicted molar refractivity (Wildman–Crippen MR) is 97.0 cm³/mol. The van der Waals surface area contributed by atoms with E-state index in [9.17, 15) is 4.79 Å². The van der Waals surface area contributed by atoms with Crippen LogP contribution in [0.25, 0.3) is 0 Å². The first-order chi connectivity index (χ1) is 10.7. The van der Waals surface area contributed by atoms with E-state index >= 15 is 0 Å². The van der Waals surface area contributed by atoms with Crippen LogP contribution in [0.1, 0.15) is 44.6 Å². The molecule has 0 spiro atoms. The smallest absolute Gasteiger partial charge is 0.242 e. The van der Waals surface area contributed by atoms with Crippen molar-refractivity contribution < 1.29 is 4.79 Å². The molecular weight excluding hydrogens is 308 g/mol. The highest BCUT2D eigenvalue weighted by atomic mass is 35.5. The van der Waals surface area contributed by atoms with Crippen LogP contribution in [0.15, 0.2) is 30.3 Å². The lowest BCUT2D eigenvalue weighted by atomic mass is 9.86. The zero-order chi connectivity index (χ0) is 15.4. The molecule has 2 aliphatic heterocycles. The fourth-order valence-electron chi connectivity index (χ4n) is 3.88. The summed E-state index contributed by atoms with van der Waals surface area (Å²) in [5, 5.41) is 3.45. The van der Waals surface area contributed by atoms with E-state index in [2.05, 4.69) is 47.5 Å². The number of hydrogen-bond acceptors (Lipinski definition) is 2. The fourth-order valence-corrected chi connectivity index (χ4v) is 3.88. The van der Waals surface area contributed by atoms with Crippen molar-refractivity contribution in [3.8, 4) is 0 Å². The molecular formula is C19H29ClN2O.